The average molecular weight is 555 g/mol. The van der Waals surface area contributed by atoms with Gasteiger partial charge in [-0.3, -0.25) is 0 Å². The monoisotopic (exact) mass is 554 g/mol. The minimum atomic E-state index is -0.517. The Kier molecular flexibility index (Phi) is 5.64. The lowest BCUT2D eigenvalue weighted by Gasteiger charge is -2.51. The summed E-state index contributed by atoms with van der Waals surface area (Å²) in [7, 11) is 0. The highest BCUT2D eigenvalue weighted by Crippen LogP contribution is 2.64. The van der Waals surface area contributed by atoms with Gasteiger partial charge < -0.3 is 9.80 Å². The van der Waals surface area contributed by atoms with Gasteiger partial charge in [-0.2, -0.15) is 0 Å². The fourth-order valence-electron chi connectivity index (χ4n) is 7.30. The Morgan fingerprint density at radius 1 is 0.395 bits per heavy atom. The Morgan fingerprint density at radius 2 is 0.767 bits per heavy atom. The molecule has 0 fully saturated rings. The highest BCUT2D eigenvalue weighted by Gasteiger charge is 2.51. The molecule has 8 rings (SSSR count). The molecule has 0 aromatic heterocycles. The molecule has 0 atom stereocenters. The lowest BCUT2D eigenvalue weighted by molar-refractivity contribution is 0.586. The molecule has 208 valence electrons. The molecule has 2 aliphatic rings. The van der Waals surface area contributed by atoms with Gasteiger partial charge in [0.15, 0.2) is 0 Å². The van der Waals surface area contributed by atoms with Crippen molar-refractivity contribution in [3.63, 3.8) is 0 Å². The fourth-order valence-corrected chi connectivity index (χ4v) is 7.30. The van der Waals surface area contributed by atoms with Gasteiger partial charge in [0.05, 0.1) is 28.2 Å². The van der Waals surface area contributed by atoms with Gasteiger partial charge in [-0.25, -0.2) is 0 Å². The van der Waals surface area contributed by atoms with Gasteiger partial charge in [-0.1, -0.05) is 124 Å². The third-order valence-electron chi connectivity index (χ3n) is 9.18. The first-order chi connectivity index (χ1) is 21.0. The molecule has 0 unspecified atom stereocenters. The fraction of sp³-hybridized carbons (Fsp3) is 0.122. The van der Waals surface area contributed by atoms with Crippen LogP contribution in [0.15, 0.2) is 152 Å². The van der Waals surface area contributed by atoms with Gasteiger partial charge >= 0.3 is 0 Å². The van der Waals surface area contributed by atoms with E-state index in [4.69, 9.17) is 0 Å². The molecule has 0 aliphatic carbocycles. The first kappa shape index (κ1) is 25.6. The molecule has 2 aliphatic heterocycles. The molecule has 43 heavy (non-hydrogen) atoms. The van der Waals surface area contributed by atoms with Crippen LogP contribution in [0.4, 0.5) is 34.1 Å². The molecule has 2 heteroatoms. The van der Waals surface area contributed by atoms with E-state index in [0.29, 0.717) is 0 Å². The van der Waals surface area contributed by atoms with Gasteiger partial charge in [-0.15, -0.1) is 0 Å². The number of hydrogen-bond acceptors (Lipinski definition) is 2. The van der Waals surface area contributed by atoms with E-state index in [1.165, 1.54) is 50.6 Å². The van der Waals surface area contributed by atoms with Crippen molar-refractivity contribution in [3.8, 4) is 0 Å². The Bertz CT molecular complexity index is 1860. The van der Waals surface area contributed by atoms with Crippen molar-refractivity contribution in [2.75, 3.05) is 9.80 Å². The number of rotatable bonds is 2. The van der Waals surface area contributed by atoms with E-state index in [1.54, 1.807) is 0 Å². The van der Waals surface area contributed by atoms with Crippen LogP contribution in [0.2, 0.25) is 0 Å². The Hall–Kier alpha value is -5.08. The zero-order valence-corrected chi connectivity index (χ0v) is 24.8. The van der Waals surface area contributed by atoms with Gasteiger partial charge in [0.1, 0.15) is 0 Å². The van der Waals surface area contributed by atoms with Crippen molar-refractivity contribution < 1.29 is 0 Å². The van der Waals surface area contributed by atoms with Crippen molar-refractivity contribution in [1.82, 2.24) is 0 Å². The van der Waals surface area contributed by atoms with Crippen molar-refractivity contribution in [2.24, 2.45) is 0 Å². The minimum absolute atomic E-state index is 0.00542. The summed E-state index contributed by atoms with van der Waals surface area (Å²) in [4.78, 5) is 4.90. The van der Waals surface area contributed by atoms with Crippen LogP contribution in [0.5, 0.6) is 0 Å². The quantitative estimate of drug-likeness (QED) is 0.210. The molecule has 2 nitrogen and oxygen atoms in total. The summed E-state index contributed by atoms with van der Waals surface area (Å²) in [6.45, 7) is 6.94. The molecule has 1 spiro atoms. The van der Waals surface area contributed by atoms with Crippen LogP contribution in [0.1, 0.15) is 48.6 Å². The van der Waals surface area contributed by atoms with Crippen molar-refractivity contribution >= 4 is 34.1 Å². The summed E-state index contributed by atoms with van der Waals surface area (Å²) >= 11 is 0. The summed E-state index contributed by atoms with van der Waals surface area (Å²) < 4.78 is 0. The molecular weight excluding hydrogens is 520 g/mol. The number of hydrogen-bond donors (Lipinski definition) is 0. The predicted molar refractivity (Wildman–Crippen MR) is 180 cm³/mol. The summed E-state index contributed by atoms with van der Waals surface area (Å²) in [5.74, 6) is 0. The largest absolute Gasteiger partial charge is 0.310 e. The highest BCUT2D eigenvalue weighted by molar-refractivity contribution is 5.96. The number of nitrogens with zero attached hydrogens (tertiary/aromatic N) is 2. The van der Waals surface area contributed by atoms with E-state index >= 15 is 0 Å². The highest BCUT2D eigenvalue weighted by atomic mass is 15.2. The molecule has 0 saturated heterocycles. The number of fused-ring (bicyclic) bond motifs is 8. The maximum atomic E-state index is 2.49. The Morgan fingerprint density at radius 3 is 1.19 bits per heavy atom. The lowest BCUT2D eigenvalue weighted by atomic mass is 9.59. The van der Waals surface area contributed by atoms with E-state index < -0.39 is 5.41 Å². The molecule has 0 bridgehead atoms. The Labute approximate surface area is 254 Å². The van der Waals surface area contributed by atoms with Gasteiger partial charge in [0.2, 0.25) is 0 Å². The van der Waals surface area contributed by atoms with Crippen LogP contribution in [-0.2, 0) is 10.8 Å². The minimum Gasteiger partial charge on any atom is -0.310 e. The van der Waals surface area contributed by atoms with Crippen molar-refractivity contribution in [2.45, 2.75) is 31.6 Å². The molecule has 0 saturated carbocycles. The topological polar surface area (TPSA) is 6.48 Å². The predicted octanol–water partition coefficient (Wildman–Crippen LogP) is 10.9. The second kappa shape index (κ2) is 9.47. The zero-order valence-electron chi connectivity index (χ0n) is 24.8. The van der Waals surface area contributed by atoms with E-state index in [-0.39, 0.29) is 5.41 Å². The maximum Gasteiger partial charge on any atom is 0.0783 e. The summed E-state index contributed by atoms with van der Waals surface area (Å²) in [6, 6.07) is 55.8. The number of anilines is 6. The van der Waals surface area contributed by atoms with Crippen molar-refractivity contribution in [3.05, 3.63) is 179 Å². The third kappa shape index (κ3) is 3.66. The first-order valence-electron chi connectivity index (χ1n) is 15.1. The van der Waals surface area contributed by atoms with Crippen LogP contribution in [0.25, 0.3) is 0 Å². The third-order valence-corrected chi connectivity index (χ3v) is 9.18. The maximum absolute atomic E-state index is 2.49. The van der Waals surface area contributed by atoms with Crippen LogP contribution in [-0.4, -0.2) is 0 Å². The molecule has 2 heterocycles. The number of benzene rings is 6. The average Bonchev–Trinajstić information content (AvgIpc) is 3.05. The summed E-state index contributed by atoms with van der Waals surface area (Å²) in [5.41, 5.74) is 13.2. The second-order valence-corrected chi connectivity index (χ2v) is 12.6. The van der Waals surface area contributed by atoms with E-state index in [9.17, 15) is 0 Å². The molecule has 0 radical (unpaired) electrons. The summed E-state index contributed by atoms with van der Waals surface area (Å²) in [6.07, 6.45) is 0. The smallest absolute Gasteiger partial charge is 0.0783 e. The molecule has 6 aromatic rings. The standard InChI is InChI=1S/C41H34N2/c1-40(2,3)29-26-27-39-35(28-29)41(34-22-12-15-25-38(34)43(39)31-18-8-5-9-19-31)32-20-10-13-23-36(32)42(30-16-6-4-7-17-30)37-24-14-11-21-33(37)41/h4-28H,1-3H3. The van der Waals surface area contributed by atoms with Crippen molar-refractivity contribution in [1.29, 1.82) is 0 Å². The molecule has 0 amide bonds. The Balaban J connectivity index is 1.55. The van der Waals surface area contributed by atoms with E-state index in [0.717, 1.165) is 11.4 Å². The van der Waals surface area contributed by atoms with Crippen LogP contribution in [0.3, 0.4) is 0 Å². The second-order valence-electron chi connectivity index (χ2n) is 12.6. The molecule has 6 aromatic carbocycles. The molecular formula is C41H34N2. The lowest BCUT2D eigenvalue weighted by Crippen LogP contribution is -2.42. The van der Waals surface area contributed by atoms with E-state index in [2.05, 4.69) is 182 Å². The van der Waals surface area contributed by atoms with Crippen LogP contribution in [0, 0.1) is 0 Å². The van der Waals surface area contributed by atoms with Crippen LogP contribution < -0.4 is 9.80 Å². The van der Waals surface area contributed by atoms with Crippen LogP contribution >= 0.6 is 0 Å². The summed E-state index contributed by atoms with van der Waals surface area (Å²) in [5, 5.41) is 0. The van der Waals surface area contributed by atoms with Gasteiger partial charge in [0, 0.05) is 11.4 Å². The van der Waals surface area contributed by atoms with Gasteiger partial charge in [-0.05, 0) is 81.8 Å². The van der Waals surface area contributed by atoms with Gasteiger partial charge in [0.25, 0.3) is 0 Å². The van der Waals surface area contributed by atoms with E-state index in [1.807, 2.05) is 0 Å². The molecule has 0 N–H and O–H groups in total. The normalized spacial score (nSPS) is 14.5. The SMILES string of the molecule is CC(C)(C)c1ccc2c(c1)C1(c3ccccc3N(c3ccccc3)c3ccccc31)c1ccccc1N2c1ccccc1. The zero-order chi connectivity index (χ0) is 29.2. The number of para-hydroxylation sites is 5. The first-order valence-corrected chi connectivity index (χ1v) is 15.1.